The molecule has 94 valence electrons. The van der Waals surface area contributed by atoms with E-state index in [1.54, 1.807) is 30.1 Å². The summed E-state index contributed by atoms with van der Waals surface area (Å²) in [4.78, 5) is 12.6. The van der Waals surface area contributed by atoms with Gasteiger partial charge >= 0.3 is 0 Å². The van der Waals surface area contributed by atoms with E-state index in [9.17, 15) is 13.2 Å². The van der Waals surface area contributed by atoms with Gasteiger partial charge in [0, 0.05) is 25.5 Å². The van der Waals surface area contributed by atoms with E-state index in [1.165, 1.54) is 6.26 Å². The average Bonchev–Trinajstić information content (AvgIpc) is 2.24. The highest BCUT2D eigenvalue weighted by molar-refractivity contribution is 7.90. The van der Waals surface area contributed by atoms with Crippen molar-refractivity contribution in [3.8, 4) is 0 Å². The second-order valence-electron chi connectivity index (χ2n) is 3.84. The van der Waals surface area contributed by atoms with Gasteiger partial charge in [-0.05, 0) is 12.1 Å². The highest BCUT2D eigenvalue weighted by atomic mass is 35.5. The van der Waals surface area contributed by atoms with Gasteiger partial charge in [0.15, 0.2) is 6.29 Å². The van der Waals surface area contributed by atoms with Crippen LogP contribution in [0.1, 0.15) is 10.4 Å². The number of halogens is 1. The predicted molar refractivity (Wildman–Crippen MR) is 69.8 cm³/mol. The van der Waals surface area contributed by atoms with Crippen molar-refractivity contribution in [1.29, 1.82) is 0 Å². The monoisotopic (exact) mass is 275 g/mol. The Morgan fingerprint density at radius 1 is 1.41 bits per heavy atom. The Hall–Kier alpha value is -1.07. The molecular weight excluding hydrogens is 262 g/mol. The van der Waals surface area contributed by atoms with E-state index >= 15 is 0 Å². The molecule has 0 atom stereocenters. The van der Waals surface area contributed by atoms with Gasteiger partial charge in [-0.15, -0.1) is 0 Å². The number of hydrogen-bond donors (Lipinski definition) is 0. The first-order valence-corrected chi connectivity index (χ1v) is 7.41. The lowest BCUT2D eigenvalue weighted by Crippen LogP contribution is -2.25. The standard InChI is InChI=1S/C11H14ClNO3S/c1-13(6-7-17(2,15)16)11-5-3-4-10(12)9(11)8-14/h3-5,8H,6-7H2,1-2H3. The SMILES string of the molecule is CN(CCS(C)(=O)=O)c1cccc(Cl)c1C=O. The Morgan fingerprint density at radius 3 is 2.59 bits per heavy atom. The fraction of sp³-hybridized carbons (Fsp3) is 0.364. The van der Waals surface area contributed by atoms with Crippen molar-refractivity contribution >= 4 is 33.4 Å². The largest absolute Gasteiger partial charge is 0.373 e. The van der Waals surface area contributed by atoms with Gasteiger partial charge in [0.05, 0.1) is 16.3 Å². The van der Waals surface area contributed by atoms with Gasteiger partial charge < -0.3 is 4.90 Å². The van der Waals surface area contributed by atoms with Gasteiger partial charge in [-0.25, -0.2) is 8.42 Å². The Kier molecular flexibility index (Phi) is 4.54. The molecule has 17 heavy (non-hydrogen) atoms. The fourth-order valence-electron chi connectivity index (χ4n) is 1.40. The molecule has 0 heterocycles. The molecule has 0 spiro atoms. The fourth-order valence-corrected chi connectivity index (χ4v) is 2.22. The summed E-state index contributed by atoms with van der Waals surface area (Å²) >= 11 is 5.89. The number of hydrogen-bond acceptors (Lipinski definition) is 4. The summed E-state index contributed by atoms with van der Waals surface area (Å²) in [5.41, 5.74) is 1.02. The number of aldehydes is 1. The molecule has 0 aliphatic rings. The zero-order valence-corrected chi connectivity index (χ0v) is 11.3. The summed E-state index contributed by atoms with van der Waals surface area (Å²) < 4.78 is 22.1. The quantitative estimate of drug-likeness (QED) is 0.767. The number of carbonyl (C=O) groups excluding carboxylic acids is 1. The number of rotatable bonds is 5. The van der Waals surface area contributed by atoms with Crippen LogP contribution in [0.15, 0.2) is 18.2 Å². The predicted octanol–water partition coefficient (Wildman–Crippen LogP) is 1.63. The summed E-state index contributed by atoms with van der Waals surface area (Å²) in [5.74, 6) is 0.0360. The topological polar surface area (TPSA) is 54.5 Å². The minimum absolute atomic E-state index is 0.0360. The third-order valence-corrected chi connectivity index (χ3v) is 3.61. The number of sulfone groups is 1. The van der Waals surface area contributed by atoms with Crippen molar-refractivity contribution in [3.63, 3.8) is 0 Å². The molecule has 0 bridgehead atoms. The first kappa shape index (κ1) is 14.0. The molecule has 6 heteroatoms. The van der Waals surface area contributed by atoms with Crippen molar-refractivity contribution in [3.05, 3.63) is 28.8 Å². The normalized spacial score (nSPS) is 11.2. The van der Waals surface area contributed by atoms with Gasteiger partial charge in [-0.3, -0.25) is 4.79 Å². The van der Waals surface area contributed by atoms with Gasteiger partial charge in [0.25, 0.3) is 0 Å². The van der Waals surface area contributed by atoms with Crippen LogP contribution in [0.25, 0.3) is 0 Å². The van der Waals surface area contributed by atoms with E-state index in [0.717, 1.165) is 0 Å². The summed E-state index contributed by atoms with van der Waals surface area (Å²) in [5, 5.41) is 0.365. The Bertz CT molecular complexity index is 513. The molecule has 0 saturated heterocycles. The molecule has 0 fully saturated rings. The lowest BCUT2D eigenvalue weighted by Gasteiger charge is -2.20. The van der Waals surface area contributed by atoms with Crippen LogP contribution in [0.5, 0.6) is 0 Å². The molecule has 0 aromatic heterocycles. The summed E-state index contributed by atoms with van der Waals surface area (Å²) in [6.07, 6.45) is 1.86. The van der Waals surface area contributed by atoms with Gasteiger partial charge in [0.2, 0.25) is 0 Å². The highest BCUT2D eigenvalue weighted by Gasteiger charge is 2.12. The molecule has 1 aromatic rings. The van der Waals surface area contributed by atoms with E-state index < -0.39 is 9.84 Å². The van der Waals surface area contributed by atoms with Crippen LogP contribution in [-0.2, 0) is 9.84 Å². The maximum Gasteiger partial charge on any atom is 0.153 e. The van der Waals surface area contributed by atoms with Crippen molar-refractivity contribution in [2.24, 2.45) is 0 Å². The summed E-state index contributed by atoms with van der Waals surface area (Å²) in [6, 6.07) is 5.08. The van der Waals surface area contributed by atoms with Crippen LogP contribution in [0.3, 0.4) is 0 Å². The third-order valence-electron chi connectivity index (χ3n) is 2.36. The second kappa shape index (κ2) is 5.51. The first-order chi connectivity index (χ1) is 7.85. The number of anilines is 1. The lowest BCUT2D eigenvalue weighted by atomic mass is 10.2. The van der Waals surface area contributed by atoms with Crippen molar-refractivity contribution in [2.45, 2.75) is 0 Å². The van der Waals surface area contributed by atoms with Crippen LogP contribution in [0.2, 0.25) is 5.02 Å². The first-order valence-electron chi connectivity index (χ1n) is 4.97. The zero-order valence-electron chi connectivity index (χ0n) is 9.68. The highest BCUT2D eigenvalue weighted by Crippen LogP contribution is 2.24. The minimum atomic E-state index is -3.02. The van der Waals surface area contributed by atoms with Gasteiger partial charge in [-0.1, -0.05) is 17.7 Å². The average molecular weight is 276 g/mol. The molecule has 1 rings (SSSR count). The molecule has 0 amide bonds. The molecule has 0 saturated carbocycles. The van der Waals surface area contributed by atoms with E-state index in [2.05, 4.69) is 0 Å². The Labute approximate surface area is 106 Å². The number of nitrogens with zero attached hydrogens (tertiary/aromatic N) is 1. The molecular formula is C11H14ClNO3S. The van der Waals surface area contributed by atoms with Gasteiger partial charge in [-0.2, -0.15) is 0 Å². The zero-order chi connectivity index (χ0) is 13.1. The molecule has 4 nitrogen and oxygen atoms in total. The van der Waals surface area contributed by atoms with Crippen LogP contribution in [-0.4, -0.2) is 40.3 Å². The molecule has 0 aliphatic carbocycles. The molecule has 0 N–H and O–H groups in total. The Balaban J connectivity index is 2.93. The third kappa shape index (κ3) is 4.02. The maximum atomic E-state index is 11.1. The molecule has 0 aliphatic heterocycles. The Morgan fingerprint density at radius 2 is 2.06 bits per heavy atom. The van der Waals surface area contributed by atoms with Gasteiger partial charge in [0.1, 0.15) is 9.84 Å². The van der Waals surface area contributed by atoms with Crippen LogP contribution in [0, 0.1) is 0 Å². The minimum Gasteiger partial charge on any atom is -0.373 e. The van der Waals surface area contributed by atoms with Crippen LogP contribution in [0.4, 0.5) is 5.69 Å². The van der Waals surface area contributed by atoms with Crippen molar-refractivity contribution < 1.29 is 13.2 Å². The lowest BCUT2D eigenvalue weighted by molar-refractivity contribution is 0.112. The summed E-state index contributed by atoms with van der Waals surface area (Å²) in [6.45, 7) is 0.319. The smallest absolute Gasteiger partial charge is 0.153 e. The summed E-state index contributed by atoms with van der Waals surface area (Å²) in [7, 11) is -1.29. The molecule has 1 aromatic carbocycles. The van der Waals surface area contributed by atoms with Crippen molar-refractivity contribution in [2.75, 3.05) is 30.5 Å². The second-order valence-corrected chi connectivity index (χ2v) is 6.51. The molecule has 0 unspecified atom stereocenters. The molecule has 0 radical (unpaired) electrons. The van der Waals surface area contributed by atoms with E-state index in [-0.39, 0.29) is 5.75 Å². The number of benzene rings is 1. The maximum absolute atomic E-state index is 11.1. The number of carbonyl (C=O) groups is 1. The van der Waals surface area contributed by atoms with Crippen molar-refractivity contribution in [1.82, 2.24) is 0 Å². The van der Waals surface area contributed by atoms with Crippen LogP contribution >= 0.6 is 11.6 Å². The van der Waals surface area contributed by atoms with E-state index in [0.29, 0.717) is 29.1 Å². The van der Waals surface area contributed by atoms with Crippen LogP contribution < -0.4 is 4.90 Å². The van der Waals surface area contributed by atoms with E-state index in [1.807, 2.05) is 0 Å². The van der Waals surface area contributed by atoms with E-state index in [4.69, 9.17) is 11.6 Å².